The van der Waals surface area contributed by atoms with Crippen LogP contribution in [-0.2, 0) is 9.53 Å². The number of hydrogen-bond donors (Lipinski definition) is 1. The number of nitrogens with one attached hydrogen (secondary N) is 1. The van der Waals surface area contributed by atoms with Crippen LogP contribution in [0.2, 0.25) is 0 Å². The molecule has 3 aliphatic rings. The summed E-state index contributed by atoms with van der Waals surface area (Å²) >= 11 is 0. The van der Waals surface area contributed by atoms with Crippen molar-refractivity contribution in [1.29, 1.82) is 0 Å². The van der Waals surface area contributed by atoms with E-state index in [0.29, 0.717) is 35.8 Å². The number of ether oxygens (including phenoxy) is 1. The number of likely N-dealkylation sites (tertiary alicyclic amines) is 1. The highest BCUT2D eigenvalue weighted by atomic mass is 16.6. The third-order valence-electron chi connectivity index (χ3n) is 8.70. The fourth-order valence-electron chi connectivity index (χ4n) is 6.40. The van der Waals surface area contributed by atoms with Gasteiger partial charge >= 0.3 is 12.1 Å². The van der Waals surface area contributed by atoms with Crippen LogP contribution in [0.4, 0.5) is 15.4 Å². The number of anilines is 1. The molecule has 4 amide bonds. The van der Waals surface area contributed by atoms with Gasteiger partial charge in [-0.1, -0.05) is 48.4 Å². The Morgan fingerprint density at radius 3 is 2.53 bits per heavy atom. The van der Waals surface area contributed by atoms with Crippen molar-refractivity contribution in [1.82, 2.24) is 30.0 Å². The number of nitrogens with zero attached hydrogens (tertiary/aromatic N) is 7. The first kappa shape index (κ1) is 31.8. The first-order valence-corrected chi connectivity index (χ1v) is 15.9. The summed E-state index contributed by atoms with van der Waals surface area (Å²) in [4.78, 5) is 62.9. The molecule has 3 aromatic rings. The fourth-order valence-corrected chi connectivity index (χ4v) is 6.40. The van der Waals surface area contributed by atoms with Gasteiger partial charge in [0.25, 0.3) is 5.91 Å². The van der Waals surface area contributed by atoms with E-state index in [2.05, 4.69) is 22.1 Å². The molecule has 1 N–H and O–H groups in total. The average Bonchev–Trinajstić information content (AvgIpc) is 3.35. The van der Waals surface area contributed by atoms with Crippen molar-refractivity contribution in [2.24, 2.45) is 4.99 Å². The number of fused-ring (bicyclic) bond motifs is 2. The Kier molecular flexibility index (Phi) is 8.26. The van der Waals surface area contributed by atoms with Crippen molar-refractivity contribution in [2.75, 3.05) is 31.6 Å². The Morgan fingerprint density at radius 2 is 1.81 bits per heavy atom. The molecule has 2 saturated heterocycles. The summed E-state index contributed by atoms with van der Waals surface area (Å²) in [6.07, 6.45) is 1.09. The molecule has 6 rings (SSSR count). The van der Waals surface area contributed by atoms with Gasteiger partial charge in [-0.25, -0.2) is 29.4 Å². The summed E-state index contributed by atoms with van der Waals surface area (Å²) in [6, 6.07) is 15.2. The highest BCUT2D eigenvalue weighted by Crippen LogP contribution is 2.40. The molecule has 12 nitrogen and oxygen atoms in total. The second kappa shape index (κ2) is 12.2. The van der Waals surface area contributed by atoms with Crippen LogP contribution in [0.25, 0.3) is 22.3 Å². The number of likely N-dealkylation sites (N-methyl/N-ethyl adjacent to an activating group) is 1. The van der Waals surface area contributed by atoms with Gasteiger partial charge in [-0.3, -0.25) is 9.69 Å². The number of para-hydroxylation sites is 1. The lowest BCUT2D eigenvalue weighted by molar-refractivity contribution is -0.126. The van der Waals surface area contributed by atoms with Crippen LogP contribution in [0.3, 0.4) is 0 Å². The molecule has 2 unspecified atom stereocenters. The van der Waals surface area contributed by atoms with Crippen LogP contribution in [0.5, 0.6) is 0 Å². The zero-order valence-corrected chi connectivity index (χ0v) is 27.6. The highest BCUT2D eigenvalue weighted by Gasteiger charge is 2.61. The summed E-state index contributed by atoms with van der Waals surface area (Å²) in [7, 11) is 1.66. The molecule has 244 valence electrons. The van der Waals surface area contributed by atoms with Gasteiger partial charge in [0, 0.05) is 37.1 Å². The maximum atomic E-state index is 14.8. The number of carbonyl (C=O) groups is 3. The van der Waals surface area contributed by atoms with E-state index >= 15 is 0 Å². The summed E-state index contributed by atoms with van der Waals surface area (Å²) in [6.45, 7) is 10.4. The molecule has 2 fully saturated rings. The number of carbonyl (C=O) groups excluding carboxylic acids is 3. The van der Waals surface area contributed by atoms with Crippen molar-refractivity contribution in [3.05, 3.63) is 54.6 Å². The number of rotatable bonds is 4. The first-order valence-electron chi connectivity index (χ1n) is 15.9. The fraction of sp³-hybridized carbons (Fsp3) is 0.429. The van der Waals surface area contributed by atoms with E-state index in [1.54, 1.807) is 20.9 Å². The lowest BCUT2D eigenvalue weighted by Crippen LogP contribution is -2.71. The van der Waals surface area contributed by atoms with E-state index in [1.807, 2.05) is 80.3 Å². The normalized spacial score (nSPS) is 22.9. The number of urea groups is 1. The number of benzene rings is 2. The standard InChI is InChI=1S/C35H40N8O4/c1-7-8-21-42-27-30(44)43(29-25-18-12-13-19-26(25)37-28(38-29)23-15-10-9-11-16-23)33(46)40(6)35(27,5)39-31(42)41-20-14-17-24(22-41)36-32(45)47-34(2,3)4/h9-13,15-16,18-19,24,27H,14,17,20-22H2,1-6H3,(H,36,45)/t24-,27?,35?/m1/s1. The predicted molar refractivity (Wildman–Crippen MR) is 179 cm³/mol. The van der Waals surface area contributed by atoms with Gasteiger partial charge in [0.2, 0.25) is 5.96 Å². The maximum Gasteiger partial charge on any atom is 0.407 e. The Morgan fingerprint density at radius 1 is 1.09 bits per heavy atom. The molecule has 4 heterocycles. The smallest absolute Gasteiger partial charge is 0.407 e. The molecular formula is C35H40N8O4. The van der Waals surface area contributed by atoms with Crippen LogP contribution in [0, 0.1) is 11.8 Å². The van der Waals surface area contributed by atoms with E-state index in [-0.39, 0.29) is 18.4 Å². The van der Waals surface area contributed by atoms with Gasteiger partial charge in [0.15, 0.2) is 23.3 Å². The average molecular weight is 637 g/mol. The summed E-state index contributed by atoms with van der Waals surface area (Å²) in [5.41, 5.74) is -0.456. The van der Waals surface area contributed by atoms with Gasteiger partial charge in [0.1, 0.15) is 5.60 Å². The number of piperidine rings is 1. The summed E-state index contributed by atoms with van der Waals surface area (Å²) < 4.78 is 5.50. The zero-order chi connectivity index (χ0) is 33.5. The molecule has 12 heteroatoms. The molecule has 1 aromatic heterocycles. The van der Waals surface area contributed by atoms with E-state index in [4.69, 9.17) is 19.7 Å². The Labute approximate surface area is 274 Å². The van der Waals surface area contributed by atoms with Crippen molar-refractivity contribution in [3.63, 3.8) is 0 Å². The van der Waals surface area contributed by atoms with Crippen molar-refractivity contribution >= 4 is 40.7 Å². The number of aromatic nitrogens is 2. The van der Waals surface area contributed by atoms with Crippen LogP contribution in [-0.4, -0.2) is 98.7 Å². The van der Waals surface area contributed by atoms with Gasteiger partial charge in [0.05, 0.1) is 12.1 Å². The largest absolute Gasteiger partial charge is 0.444 e. The van der Waals surface area contributed by atoms with Crippen LogP contribution in [0.1, 0.15) is 47.5 Å². The van der Waals surface area contributed by atoms with Gasteiger partial charge in [-0.15, -0.1) is 5.92 Å². The third kappa shape index (κ3) is 5.93. The van der Waals surface area contributed by atoms with E-state index in [9.17, 15) is 14.4 Å². The van der Waals surface area contributed by atoms with Crippen LogP contribution >= 0.6 is 0 Å². The number of amides is 4. The molecule has 0 aliphatic carbocycles. The second-order valence-electron chi connectivity index (χ2n) is 13.2. The topological polar surface area (TPSA) is 124 Å². The summed E-state index contributed by atoms with van der Waals surface area (Å²) in [5.74, 6) is 6.80. The molecule has 47 heavy (non-hydrogen) atoms. The van der Waals surface area contributed by atoms with Crippen molar-refractivity contribution in [3.8, 4) is 23.2 Å². The molecule has 2 aromatic carbocycles. The predicted octanol–water partition coefficient (Wildman–Crippen LogP) is 4.46. The minimum Gasteiger partial charge on any atom is -0.444 e. The summed E-state index contributed by atoms with van der Waals surface area (Å²) in [5, 5.41) is 3.57. The monoisotopic (exact) mass is 636 g/mol. The van der Waals surface area contributed by atoms with E-state index < -0.39 is 35.3 Å². The second-order valence-corrected chi connectivity index (χ2v) is 13.2. The lowest BCUT2D eigenvalue weighted by Gasteiger charge is -2.46. The molecule has 0 radical (unpaired) electrons. The van der Waals surface area contributed by atoms with Gasteiger partial charge < -0.3 is 19.9 Å². The Hall–Kier alpha value is -5.18. The van der Waals surface area contributed by atoms with Crippen LogP contribution in [0.15, 0.2) is 59.6 Å². The molecule has 0 spiro atoms. The zero-order valence-electron chi connectivity index (χ0n) is 27.6. The lowest BCUT2D eigenvalue weighted by atomic mass is 9.96. The number of imide groups is 1. The number of guanidine groups is 1. The molecule has 0 bridgehead atoms. The molecular weight excluding hydrogens is 596 g/mol. The SMILES string of the molecule is CC#CCN1C(N2CCC[C@@H](NC(=O)OC(C)(C)C)C2)=NC2(C)C1C(=O)N(c1nc(-c3ccccc3)nc3ccccc13)C(=O)N2C. The number of aliphatic imine (C=N–C) groups is 1. The van der Waals surface area contributed by atoms with Gasteiger partial charge in [-0.2, -0.15) is 0 Å². The van der Waals surface area contributed by atoms with Crippen molar-refractivity contribution < 1.29 is 19.1 Å². The number of alkyl carbamates (subject to hydrolysis) is 1. The Balaban J connectivity index is 1.38. The quantitative estimate of drug-likeness (QED) is 0.417. The maximum absolute atomic E-state index is 14.8. The number of hydrogen-bond acceptors (Lipinski definition) is 9. The van der Waals surface area contributed by atoms with Crippen LogP contribution < -0.4 is 10.2 Å². The Bertz CT molecular complexity index is 1810. The van der Waals surface area contributed by atoms with E-state index in [0.717, 1.165) is 23.3 Å². The first-order chi connectivity index (χ1) is 22.4. The molecule has 3 aliphatic heterocycles. The molecule has 0 saturated carbocycles. The molecule has 3 atom stereocenters. The van der Waals surface area contributed by atoms with Crippen molar-refractivity contribution in [2.45, 2.75) is 70.8 Å². The van der Waals surface area contributed by atoms with Gasteiger partial charge in [-0.05, 0) is 59.6 Å². The minimum atomic E-state index is -1.22. The minimum absolute atomic E-state index is 0.189. The van der Waals surface area contributed by atoms with E-state index in [1.165, 1.54) is 4.90 Å². The highest BCUT2D eigenvalue weighted by molar-refractivity contribution is 6.22. The third-order valence-corrected chi connectivity index (χ3v) is 8.70.